The molecule has 6 heteroatoms. The highest BCUT2D eigenvalue weighted by atomic mass is 19.1. The Morgan fingerprint density at radius 3 is 2.79 bits per heavy atom. The van der Waals surface area contributed by atoms with Crippen molar-refractivity contribution in [2.75, 3.05) is 0 Å². The van der Waals surface area contributed by atoms with Gasteiger partial charge in [0.25, 0.3) is 0 Å². The van der Waals surface area contributed by atoms with Crippen LogP contribution in [-0.4, -0.2) is 27.0 Å². The number of halogens is 1. The molecule has 1 amide bonds. The van der Waals surface area contributed by atoms with Crippen molar-refractivity contribution in [1.29, 1.82) is 0 Å². The Hall–Kier alpha value is -2.24. The van der Waals surface area contributed by atoms with E-state index in [0.717, 1.165) is 12.8 Å². The van der Waals surface area contributed by atoms with Crippen molar-refractivity contribution in [1.82, 2.24) is 15.0 Å². The number of aryl methyl sites for hydroxylation is 2. The maximum Gasteiger partial charge on any atom is 0.226 e. The maximum absolute atomic E-state index is 14.1. The van der Waals surface area contributed by atoms with Gasteiger partial charge in [0.05, 0.1) is 6.04 Å². The van der Waals surface area contributed by atoms with Crippen LogP contribution >= 0.6 is 0 Å². The minimum atomic E-state index is -0.259. The van der Waals surface area contributed by atoms with Gasteiger partial charge in [-0.3, -0.25) is 4.79 Å². The molecule has 0 saturated heterocycles. The highest BCUT2D eigenvalue weighted by Crippen LogP contribution is 2.35. The summed E-state index contributed by atoms with van der Waals surface area (Å²) in [5.41, 5.74) is 0.574. The van der Waals surface area contributed by atoms with Gasteiger partial charge in [0.2, 0.25) is 11.8 Å². The summed E-state index contributed by atoms with van der Waals surface area (Å²) < 4.78 is 19.1. The molecule has 1 aliphatic rings. The van der Waals surface area contributed by atoms with Gasteiger partial charge in [0.1, 0.15) is 5.82 Å². The standard InChI is InChI=1S/C18H22FN3O2/c1-12(15-6-3-4-7-16(15)19)22(14-10-11-14)18(23)9-5-8-17-20-13(2)21-24-17/h3-4,6-7,12,14H,5,8-11H2,1-2H3/t12-/m1/s1. The maximum atomic E-state index is 14.1. The van der Waals surface area contributed by atoms with E-state index < -0.39 is 0 Å². The third-order valence-electron chi connectivity index (χ3n) is 4.35. The van der Waals surface area contributed by atoms with Crippen LogP contribution in [-0.2, 0) is 11.2 Å². The van der Waals surface area contributed by atoms with E-state index in [1.807, 2.05) is 17.9 Å². The number of rotatable bonds is 7. The summed E-state index contributed by atoms with van der Waals surface area (Å²) in [5, 5.41) is 3.74. The van der Waals surface area contributed by atoms with Crippen LogP contribution in [0.4, 0.5) is 4.39 Å². The van der Waals surface area contributed by atoms with Gasteiger partial charge in [-0.05, 0) is 39.2 Å². The normalized spacial score (nSPS) is 15.3. The molecule has 0 spiro atoms. The van der Waals surface area contributed by atoms with Gasteiger partial charge in [-0.2, -0.15) is 4.98 Å². The molecule has 3 rings (SSSR count). The zero-order chi connectivity index (χ0) is 17.1. The number of benzene rings is 1. The molecule has 24 heavy (non-hydrogen) atoms. The van der Waals surface area contributed by atoms with Crippen LogP contribution in [0.2, 0.25) is 0 Å². The lowest BCUT2D eigenvalue weighted by Crippen LogP contribution is -2.35. The molecule has 1 aromatic carbocycles. The third kappa shape index (κ3) is 3.80. The molecular formula is C18H22FN3O2. The van der Waals surface area contributed by atoms with Crippen LogP contribution in [0.5, 0.6) is 0 Å². The molecule has 1 heterocycles. The topological polar surface area (TPSA) is 59.2 Å². The van der Waals surface area contributed by atoms with Gasteiger partial charge in [0, 0.05) is 24.4 Å². The first-order valence-corrected chi connectivity index (χ1v) is 8.41. The lowest BCUT2D eigenvalue weighted by atomic mass is 10.0. The van der Waals surface area contributed by atoms with Crippen molar-refractivity contribution in [3.05, 3.63) is 47.4 Å². The highest BCUT2D eigenvalue weighted by Gasteiger charge is 2.36. The number of aromatic nitrogens is 2. The molecule has 0 N–H and O–H groups in total. The molecule has 1 atom stereocenters. The van der Waals surface area contributed by atoms with Crippen LogP contribution in [0.1, 0.15) is 55.9 Å². The van der Waals surface area contributed by atoms with Crippen LogP contribution < -0.4 is 0 Å². The van der Waals surface area contributed by atoms with Gasteiger partial charge in [-0.15, -0.1) is 0 Å². The summed E-state index contributed by atoms with van der Waals surface area (Å²) >= 11 is 0. The average molecular weight is 331 g/mol. The number of nitrogens with zero attached hydrogens (tertiary/aromatic N) is 3. The molecule has 0 radical (unpaired) electrons. The Kier molecular flexibility index (Phi) is 4.92. The van der Waals surface area contributed by atoms with Crippen LogP contribution in [0.15, 0.2) is 28.8 Å². The molecule has 1 fully saturated rings. The predicted octanol–water partition coefficient (Wildman–Crippen LogP) is 3.59. The first kappa shape index (κ1) is 16.6. The Labute approximate surface area is 140 Å². The number of amides is 1. The summed E-state index contributed by atoms with van der Waals surface area (Å²) in [6.45, 7) is 3.67. The molecule has 2 aromatic rings. The third-order valence-corrected chi connectivity index (χ3v) is 4.35. The summed E-state index contributed by atoms with van der Waals surface area (Å²) in [6, 6.07) is 6.65. The lowest BCUT2D eigenvalue weighted by molar-refractivity contribution is -0.134. The van der Waals surface area contributed by atoms with Crippen molar-refractivity contribution in [2.45, 2.75) is 58.0 Å². The zero-order valence-corrected chi connectivity index (χ0v) is 14.0. The van der Waals surface area contributed by atoms with Gasteiger partial charge >= 0.3 is 0 Å². The number of hydrogen-bond acceptors (Lipinski definition) is 4. The summed E-state index contributed by atoms with van der Waals surface area (Å²) in [6.07, 6.45) is 3.62. The Morgan fingerprint density at radius 2 is 2.17 bits per heavy atom. The monoisotopic (exact) mass is 331 g/mol. The molecule has 1 saturated carbocycles. The van der Waals surface area contributed by atoms with Crippen LogP contribution in [0, 0.1) is 12.7 Å². The van der Waals surface area contributed by atoms with E-state index in [1.165, 1.54) is 6.07 Å². The summed E-state index contributed by atoms with van der Waals surface area (Å²) in [4.78, 5) is 18.7. The van der Waals surface area contributed by atoms with Crippen molar-refractivity contribution in [3.8, 4) is 0 Å². The van der Waals surface area contributed by atoms with Crippen molar-refractivity contribution in [3.63, 3.8) is 0 Å². The minimum absolute atomic E-state index is 0.0597. The Bertz CT molecular complexity index is 712. The van der Waals surface area contributed by atoms with E-state index in [0.29, 0.717) is 36.5 Å². The number of carbonyl (C=O) groups is 1. The molecule has 0 aliphatic heterocycles. The zero-order valence-electron chi connectivity index (χ0n) is 14.0. The van der Waals surface area contributed by atoms with Gasteiger partial charge in [-0.25, -0.2) is 4.39 Å². The molecular weight excluding hydrogens is 309 g/mol. The minimum Gasteiger partial charge on any atom is -0.339 e. The van der Waals surface area contributed by atoms with E-state index >= 15 is 0 Å². The number of hydrogen-bond donors (Lipinski definition) is 0. The van der Waals surface area contributed by atoms with Gasteiger partial charge in [0.15, 0.2) is 5.82 Å². The molecule has 1 aliphatic carbocycles. The van der Waals surface area contributed by atoms with Crippen LogP contribution in [0.25, 0.3) is 0 Å². The molecule has 0 unspecified atom stereocenters. The van der Waals surface area contributed by atoms with Gasteiger partial charge < -0.3 is 9.42 Å². The van der Waals surface area contributed by atoms with Crippen LogP contribution in [0.3, 0.4) is 0 Å². The van der Waals surface area contributed by atoms with Crippen molar-refractivity contribution in [2.24, 2.45) is 0 Å². The van der Waals surface area contributed by atoms with Gasteiger partial charge in [-0.1, -0.05) is 23.4 Å². The second kappa shape index (κ2) is 7.11. The van der Waals surface area contributed by atoms with E-state index in [4.69, 9.17) is 4.52 Å². The Balaban J connectivity index is 1.62. The molecule has 0 bridgehead atoms. The quantitative estimate of drug-likeness (QED) is 0.778. The summed E-state index contributed by atoms with van der Waals surface area (Å²) in [7, 11) is 0. The second-order valence-electron chi connectivity index (χ2n) is 6.32. The fourth-order valence-electron chi connectivity index (χ4n) is 3.01. The van der Waals surface area contributed by atoms with E-state index in [1.54, 1.807) is 19.1 Å². The first-order valence-electron chi connectivity index (χ1n) is 8.41. The second-order valence-corrected chi connectivity index (χ2v) is 6.32. The van der Waals surface area contributed by atoms with E-state index in [9.17, 15) is 9.18 Å². The number of carbonyl (C=O) groups excluding carboxylic acids is 1. The van der Waals surface area contributed by atoms with Crippen molar-refractivity contribution < 1.29 is 13.7 Å². The SMILES string of the molecule is Cc1noc(CCCC(=O)N(C2CC2)[C@H](C)c2ccccc2F)n1. The fraction of sp³-hybridized carbons (Fsp3) is 0.500. The Morgan fingerprint density at radius 1 is 1.42 bits per heavy atom. The average Bonchev–Trinajstić information content (AvgIpc) is 3.29. The molecule has 128 valence electrons. The van der Waals surface area contributed by atoms with Crippen molar-refractivity contribution >= 4 is 5.91 Å². The fourth-order valence-corrected chi connectivity index (χ4v) is 3.01. The summed E-state index contributed by atoms with van der Waals surface area (Å²) in [5.74, 6) is 0.957. The smallest absolute Gasteiger partial charge is 0.226 e. The molecule has 5 nitrogen and oxygen atoms in total. The largest absolute Gasteiger partial charge is 0.339 e. The predicted molar refractivity (Wildman–Crippen MR) is 86.7 cm³/mol. The first-order chi connectivity index (χ1) is 11.6. The highest BCUT2D eigenvalue weighted by molar-refractivity contribution is 5.77. The van der Waals surface area contributed by atoms with E-state index in [-0.39, 0.29) is 23.8 Å². The lowest BCUT2D eigenvalue weighted by Gasteiger charge is -2.30. The van der Waals surface area contributed by atoms with E-state index in [2.05, 4.69) is 10.1 Å². The molecule has 1 aromatic heterocycles.